The summed E-state index contributed by atoms with van der Waals surface area (Å²) in [5.74, 6) is 1.12. The van der Waals surface area contributed by atoms with Gasteiger partial charge in [0.15, 0.2) is 6.61 Å². The van der Waals surface area contributed by atoms with E-state index >= 15 is 0 Å². The van der Waals surface area contributed by atoms with Crippen molar-refractivity contribution in [3.63, 3.8) is 0 Å². The SMILES string of the molecule is CCN(CC)C(=O)Cn1c(C(C)NC(=O)COc2cc(C)ccc2C)nc2ccccc21. The summed E-state index contributed by atoms with van der Waals surface area (Å²) in [6.45, 7) is 11.1. The van der Waals surface area contributed by atoms with Crippen molar-refractivity contribution < 1.29 is 14.3 Å². The van der Waals surface area contributed by atoms with Gasteiger partial charge in [-0.15, -0.1) is 0 Å². The molecule has 0 radical (unpaired) electrons. The van der Waals surface area contributed by atoms with Gasteiger partial charge in [0.25, 0.3) is 5.91 Å². The Morgan fingerprint density at radius 1 is 1.12 bits per heavy atom. The fourth-order valence-electron chi connectivity index (χ4n) is 3.76. The summed E-state index contributed by atoms with van der Waals surface area (Å²) in [7, 11) is 0. The van der Waals surface area contributed by atoms with Crippen molar-refractivity contribution in [2.45, 2.75) is 47.2 Å². The monoisotopic (exact) mass is 436 g/mol. The van der Waals surface area contributed by atoms with Crippen molar-refractivity contribution in [1.82, 2.24) is 19.8 Å². The van der Waals surface area contributed by atoms with E-state index in [1.54, 1.807) is 4.90 Å². The van der Waals surface area contributed by atoms with Gasteiger partial charge in [0.2, 0.25) is 5.91 Å². The van der Waals surface area contributed by atoms with Crippen molar-refractivity contribution in [1.29, 1.82) is 0 Å². The Labute approximate surface area is 189 Å². The molecular formula is C25H32N4O3. The van der Waals surface area contributed by atoms with Gasteiger partial charge in [-0.1, -0.05) is 24.3 Å². The lowest BCUT2D eigenvalue weighted by Gasteiger charge is -2.21. The summed E-state index contributed by atoms with van der Waals surface area (Å²) in [5, 5.41) is 2.96. The standard InChI is InChI=1S/C25H32N4O3/c1-6-28(7-2)24(31)15-29-21-11-9-8-10-20(21)27-25(29)19(5)26-23(30)16-32-22-14-17(3)12-13-18(22)4/h8-14,19H,6-7,15-16H2,1-5H3,(H,26,30). The van der Waals surface area contributed by atoms with Crippen LogP contribution in [0.1, 0.15) is 43.8 Å². The first-order chi connectivity index (χ1) is 15.3. The van der Waals surface area contributed by atoms with Gasteiger partial charge in [-0.3, -0.25) is 9.59 Å². The zero-order chi connectivity index (χ0) is 23.3. The van der Waals surface area contributed by atoms with Gasteiger partial charge in [-0.25, -0.2) is 4.98 Å². The van der Waals surface area contributed by atoms with E-state index < -0.39 is 0 Å². The van der Waals surface area contributed by atoms with Gasteiger partial charge in [0.1, 0.15) is 18.1 Å². The number of aryl methyl sites for hydroxylation is 2. The third-order valence-corrected chi connectivity index (χ3v) is 5.56. The lowest BCUT2D eigenvalue weighted by atomic mass is 10.1. The highest BCUT2D eigenvalue weighted by atomic mass is 16.5. The van der Waals surface area contributed by atoms with Crippen LogP contribution in [-0.4, -0.2) is 46.0 Å². The number of hydrogen-bond acceptors (Lipinski definition) is 4. The second kappa shape index (κ2) is 10.3. The summed E-state index contributed by atoms with van der Waals surface area (Å²) >= 11 is 0. The van der Waals surface area contributed by atoms with Crippen LogP contribution in [0.5, 0.6) is 5.75 Å². The van der Waals surface area contributed by atoms with Gasteiger partial charge < -0.3 is 19.5 Å². The maximum absolute atomic E-state index is 12.8. The maximum Gasteiger partial charge on any atom is 0.258 e. The number of likely N-dealkylation sites (N-methyl/N-ethyl adjacent to an activating group) is 1. The number of nitrogens with one attached hydrogen (secondary N) is 1. The molecule has 0 aliphatic rings. The van der Waals surface area contributed by atoms with Crippen LogP contribution in [0.15, 0.2) is 42.5 Å². The average Bonchev–Trinajstić information content (AvgIpc) is 3.14. The molecule has 1 N–H and O–H groups in total. The molecule has 1 unspecified atom stereocenters. The highest BCUT2D eigenvalue weighted by Gasteiger charge is 2.21. The third-order valence-electron chi connectivity index (χ3n) is 5.56. The maximum atomic E-state index is 12.8. The molecule has 0 saturated heterocycles. The Morgan fingerprint density at radius 3 is 2.56 bits per heavy atom. The quantitative estimate of drug-likeness (QED) is 0.554. The minimum atomic E-state index is -0.387. The molecule has 1 atom stereocenters. The Bertz CT molecular complexity index is 1100. The predicted octanol–water partition coefficient (Wildman–Crippen LogP) is 3.78. The van der Waals surface area contributed by atoms with Gasteiger partial charge in [0.05, 0.1) is 17.1 Å². The van der Waals surface area contributed by atoms with Crippen LogP contribution in [0.2, 0.25) is 0 Å². The predicted molar refractivity (Wildman–Crippen MR) is 126 cm³/mol. The second-order valence-electron chi connectivity index (χ2n) is 7.96. The molecule has 7 nitrogen and oxygen atoms in total. The van der Waals surface area contributed by atoms with Crippen LogP contribution in [0.3, 0.4) is 0 Å². The molecule has 7 heteroatoms. The van der Waals surface area contributed by atoms with Crippen LogP contribution >= 0.6 is 0 Å². The van der Waals surface area contributed by atoms with Crippen molar-refractivity contribution in [2.24, 2.45) is 0 Å². The number of carbonyl (C=O) groups excluding carboxylic acids is 2. The first-order valence-electron chi connectivity index (χ1n) is 11.1. The summed E-state index contributed by atoms with van der Waals surface area (Å²) in [5.41, 5.74) is 3.72. The van der Waals surface area contributed by atoms with E-state index in [1.165, 1.54) is 0 Å². The van der Waals surface area contributed by atoms with Crippen molar-refractivity contribution in [2.75, 3.05) is 19.7 Å². The van der Waals surface area contributed by atoms with Crippen molar-refractivity contribution in [3.8, 4) is 5.75 Å². The molecule has 3 rings (SSSR count). The number of hydrogen-bond donors (Lipinski definition) is 1. The molecule has 0 bridgehead atoms. The minimum absolute atomic E-state index is 0.0242. The highest BCUT2D eigenvalue weighted by molar-refractivity contribution is 5.82. The molecule has 0 saturated carbocycles. The largest absolute Gasteiger partial charge is 0.483 e. The molecule has 3 aromatic rings. The van der Waals surface area contributed by atoms with Crippen LogP contribution < -0.4 is 10.1 Å². The van der Waals surface area contributed by atoms with Gasteiger partial charge in [-0.2, -0.15) is 0 Å². The zero-order valence-corrected chi connectivity index (χ0v) is 19.5. The number of benzene rings is 2. The Balaban J connectivity index is 1.76. The minimum Gasteiger partial charge on any atom is -0.483 e. The normalized spacial score (nSPS) is 11.9. The van der Waals surface area contributed by atoms with E-state index in [9.17, 15) is 9.59 Å². The highest BCUT2D eigenvalue weighted by Crippen LogP contribution is 2.22. The van der Waals surface area contributed by atoms with Gasteiger partial charge >= 0.3 is 0 Å². The van der Waals surface area contributed by atoms with E-state index in [-0.39, 0.29) is 31.0 Å². The number of amides is 2. The number of nitrogens with zero attached hydrogens (tertiary/aromatic N) is 3. The lowest BCUT2D eigenvalue weighted by molar-refractivity contribution is -0.131. The number of rotatable bonds is 9. The molecule has 1 heterocycles. The number of carbonyl (C=O) groups is 2. The summed E-state index contributed by atoms with van der Waals surface area (Å²) in [6, 6.07) is 13.2. The first-order valence-corrected chi connectivity index (χ1v) is 11.1. The fraction of sp³-hybridized carbons (Fsp3) is 0.400. The molecule has 1 aromatic heterocycles. The van der Waals surface area contributed by atoms with E-state index in [0.717, 1.165) is 22.2 Å². The Kier molecular flexibility index (Phi) is 7.51. The molecule has 170 valence electrons. The van der Waals surface area contributed by atoms with Crippen molar-refractivity contribution >= 4 is 22.8 Å². The van der Waals surface area contributed by atoms with E-state index in [2.05, 4.69) is 5.32 Å². The number of aromatic nitrogens is 2. The number of fused-ring (bicyclic) bond motifs is 1. The molecular weight excluding hydrogens is 404 g/mol. The molecule has 2 aromatic carbocycles. The Hall–Kier alpha value is -3.35. The number of para-hydroxylation sites is 2. The smallest absolute Gasteiger partial charge is 0.258 e. The molecule has 0 fully saturated rings. The summed E-state index contributed by atoms with van der Waals surface area (Å²) in [6.07, 6.45) is 0. The average molecular weight is 437 g/mol. The van der Waals surface area contributed by atoms with Crippen LogP contribution in [0.4, 0.5) is 0 Å². The molecule has 32 heavy (non-hydrogen) atoms. The van der Waals surface area contributed by atoms with Gasteiger partial charge in [-0.05, 0) is 63.9 Å². The Morgan fingerprint density at radius 2 is 1.84 bits per heavy atom. The van der Waals surface area contributed by atoms with Crippen LogP contribution in [0, 0.1) is 13.8 Å². The van der Waals surface area contributed by atoms with Crippen LogP contribution in [0.25, 0.3) is 11.0 Å². The van der Waals surface area contributed by atoms with E-state index in [0.29, 0.717) is 24.7 Å². The topological polar surface area (TPSA) is 76.5 Å². The lowest BCUT2D eigenvalue weighted by Crippen LogP contribution is -2.36. The summed E-state index contributed by atoms with van der Waals surface area (Å²) < 4.78 is 7.63. The number of ether oxygens (including phenoxy) is 1. The number of imidazole rings is 1. The van der Waals surface area contributed by atoms with Crippen molar-refractivity contribution in [3.05, 3.63) is 59.4 Å². The fourth-order valence-corrected chi connectivity index (χ4v) is 3.76. The second-order valence-corrected chi connectivity index (χ2v) is 7.96. The molecule has 0 aliphatic carbocycles. The third kappa shape index (κ3) is 5.28. The van der Waals surface area contributed by atoms with E-state index in [1.807, 2.05) is 81.7 Å². The first kappa shape index (κ1) is 23.3. The van der Waals surface area contributed by atoms with E-state index in [4.69, 9.17) is 9.72 Å². The molecule has 0 spiro atoms. The zero-order valence-electron chi connectivity index (χ0n) is 19.5. The van der Waals surface area contributed by atoms with Gasteiger partial charge in [0, 0.05) is 13.1 Å². The summed E-state index contributed by atoms with van der Waals surface area (Å²) in [4.78, 5) is 31.9. The molecule has 2 amide bonds. The molecule has 0 aliphatic heterocycles. The van der Waals surface area contributed by atoms with Crippen LogP contribution in [-0.2, 0) is 16.1 Å².